The highest BCUT2D eigenvalue weighted by molar-refractivity contribution is 14.1. The van der Waals surface area contributed by atoms with Crippen LogP contribution in [-0.4, -0.2) is 37.4 Å². The Kier molecular flexibility index (Phi) is 3.93. The van der Waals surface area contributed by atoms with Crippen molar-refractivity contribution in [3.05, 3.63) is 32.9 Å². The van der Waals surface area contributed by atoms with Crippen LogP contribution in [0.5, 0.6) is 0 Å². The van der Waals surface area contributed by atoms with Gasteiger partial charge in [-0.3, -0.25) is 14.2 Å². The Morgan fingerprint density at radius 2 is 2.16 bits per heavy atom. The lowest BCUT2D eigenvalue weighted by molar-refractivity contribution is 0.0777. The number of rotatable bonds is 3. The normalized spacial score (nSPS) is 10.8. The third kappa shape index (κ3) is 2.80. The van der Waals surface area contributed by atoms with Crippen LogP contribution in [0.25, 0.3) is 0 Å². The van der Waals surface area contributed by atoms with E-state index in [9.17, 15) is 4.79 Å². The summed E-state index contributed by atoms with van der Waals surface area (Å²) < 4.78 is 4.32. The maximum Gasteiger partial charge on any atom is 0.275 e. The van der Waals surface area contributed by atoms with Crippen molar-refractivity contribution in [1.29, 1.82) is 0 Å². The molecule has 0 saturated heterocycles. The number of carbonyl (C=O) groups is 1. The summed E-state index contributed by atoms with van der Waals surface area (Å²) >= 11 is 2.12. The molecule has 7 heteroatoms. The molecule has 2 aromatic rings. The molecule has 0 N–H and O–H groups in total. The van der Waals surface area contributed by atoms with E-state index in [0.717, 1.165) is 14.8 Å². The van der Waals surface area contributed by atoms with E-state index in [4.69, 9.17) is 0 Å². The first kappa shape index (κ1) is 14.0. The Bertz CT molecular complexity index is 616. The average molecular weight is 373 g/mol. The molecule has 0 aliphatic heterocycles. The third-order valence-electron chi connectivity index (χ3n) is 3.08. The minimum atomic E-state index is -0.0757. The van der Waals surface area contributed by atoms with Gasteiger partial charge in [-0.05, 0) is 29.5 Å². The molecule has 2 heterocycles. The fourth-order valence-corrected chi connectivity index (χ4v) is 2.55. The Labute approximate surface area is 125 Å². The third-order valence-corrected chi connectivity index (χ3v) is 3.87. The zero-order valence-electron chi connectivity index (χ0n) is 11.4. The number of hydrogen-bond acceptors (Lipinski definition) is 3. The average Bonchev–Trinajstić information content (AvgIpc) is 2.84. The van der Waals surface area contributed by atoms with E-state index in [0.29, 0.717) is 12.2 Å². The first-order valence-electron chi connectivity index (χ1n) is 5.82. The Hall–Kier alpha value is -1.38. The van der Waals surface area contributed by atoms with Crippen LogP contribution in [0, 0.1) is 10.5 Å². The van der Waals surface area contributed by atoms with Crippen LogP contribution in [-0.2, 0) is 20.6 Å². The van der Waals surface area contributed by atoms with Crippen LogP contribution in [0.15, 0.2) is 12.4 Å². The number of halogens is 1. The first-order valence-corrected chi connectivity index (χ1v) is 6.90. The van der Waals surface area contributed by atoms with Gasteiger partial charge in [0, 0.05) is 45.1 Å². The van der Waals surface area contributed by atoms with Gasteiger partial charge in [-0.2, -0.15) is 10.2 Å². The molecular weight excluding hydrogens is 357 g/mol. The second-order valence-corrected chi connectivity index (χ2v) is 5.70. The quantitative estimate of drug-likeness (QED) is 0.764. The van der Waals surface area contributed by atoms with Gasteiger partial charge in [-0.25, -0.2) is 0 Å². The summed E-state index contributed by atoms with van der Waals surface area (Å²) in [6.07, 6.45) is 3.62. The molecule has 0 aliphatic carbocycles. The Morgan fingerprint density at radius 1 is 1.47 bits per heavy atom. The van der Waals surface area contributed by atoms with Gasteiger partial charge in [0.1, 0.15) is 0 Å². The largest absolute Gasteiger partial charge is 0.336 e. The molecule has 0 bridgehead atoms. The van der Waals surface area contributed by atoms with Gasteiger partial charge >= 0.3 is 0 Å². The molecule has 102 valence electrons. The standard InChI is InChI=1S/C12H16IN5O/c1-8-9(5-14-18(8)4)6-16(2)12(19)11-10(13)7-17(3)15-11/h5,7H,6H2,1-4H3. The molecule has 2 rings (SSSR count). The molecule has 0 aromatic carbocycles. The Balaban J connectivity index is 2.16. The van der Waals surface area contributed by atoms with E-state index < -0.39 is 0 Å². The van der Waals surface area contributed by atoms with Gasteiger partial charge in [0.25, 0.3) is 5.91 Å². The molecule has 0 spiro atoms. The van der Waals surface area contributed by atoms with Crippen LogP contribution in [0.2, 0.25) is 0 Å². The van der Waals surface area contributed by atoms with Crippen molar-refractivity contribution in [3.63, 3.8) is 0 Å². The summed E-state index contributed by atoms with van der Waals surface area (Å²) in [6, 6.07) is 0. The molecule has 1 amide bonds. The lowest BCUT2D eigenvalue weighted by atomic mass is 10.2. The topological polar surface area (TPSA) is 56.0 Å². The summed E-state index contributed by atoms with van der Waals surface area (Å²) in [4.78, 5) is 14.0. The second-order valence-electron chi connectivity index (χ2n) is 4.54. The fourth-order valence-electron chi connectivity index (χ4n) is 1.81. The van der Waals surface area contributed by atoms with E-state index in [-0.39, 0.29) is 5.91 Å². The summed E-state index contributed by atoms with van der Waals surface area (Å²) in [5.74, 6) is -0.0757. The number of aromatic nitrogens is 4. The van der Waals surface area contributed by atoms with Crippen LogP contribution in [0.1, 0.15) is 21.7 Å². The molecule has 6 nitrogen and oxygen atoms in total. The zero-order chi connectivity index (χ0) is 14.2. The van der Waals surface area contributed by atoms with Crippen LogP contribution >= 0.6 is 22.6 Å². The van der Waals surface area contributed by atoms with Crippen LogP contribution in [0.3, 0.4) is 0 Å². The molecular formula is C12H16IN5O. The predicted molar refractivity (Wildman–Crippen MR) is 79.7 cm³/mol. The van der Waals surface area contributed by atoms with Gasteiger partial charge in [0.2, 0.25) is 0 Å². The van der Waals surface area contributed by atoms with Crippen molar-refractivity contribution < 1.29 is 4.79 Å². The molecule has 2 aromatic heterocycles. The molecule has 0 aliphatic rings. The van der Waals surface area contributed by atoms with Gasteiger partial charge in [0.15, 0.2) is 5.69 Å². The lowest BCUT2D eigenvalue weighted by Crippen LogP contribution is -2.27. The minimum Gasteiger partial charge on any atom is -0.336 e. The zero-order valence-corrected chi connectivity index (χ0v) is 13.5. The van der Waals surface area contributed by atoms with E-state index in [2.05, 4.69) is 32.8 Å². The SMILES string of the molecule is Cc1c(CN(C)C(=O)c2nn(C)cc2I)cnn1C. The monoisotopic (exact) mass is 373 g/mol. The number of nitrogens with zero attached hydrogens (tertiary/aromatic N) is 5. The summed E-state index contributed by atoms with van der Waals surface area (Å²) in [7, 11) is 5.48. The summed E-state index contributed by atoms with van der Waals surface area (Å²) in [5.41, 5.74) is 2.60. The van der Waals surface area contributed by atoms with Crippen molar-refractivity contribution in [2.75, 3.05) is 7.05 Å². The number of aryl methyl sites for hydroxylation is 2. The molecule has 0 radical (unpaired) electrons. The highest BCUT2D eigenvalue weighted by atomic mass is 127. The van der Waals surface area contributed by atoms with Crippen molar-refractivity contribution in [2.24, 2.45) is 14.1 Å². The number of hydrogen-bond donors (Lipinski definition) is 0. The highest BCUT2D eigenvalue weighted by Crippen LogP contribution is 2.14. The van der Waals surface area contributed by atoms with E-state index >= 15 is 0 Å². The maximum absolute atomic E-state index is 12.3. The molecule has 19 heavy (non-hydrogen) atoms. The number of amides is 1. The molecule has 0 unspecified atom stereocenters. The van der Waals surface area contributed by atoms with Crippen molar-refractivity contribution in [2.45, 2.75) is 13.5 Å². The van der Waals surface area contributed by atoms with Crippen molar-refractivity contribution in [3.8, 4) is 0 Å². The highest BCUT2D eigenvalue weighted by Gasteiger charge is 2.19. The van der Waals surface area contributed by atoms with Crippen LogP contribution < -0.4 is 0 Å². The minimum absolute atomic E-state index is 0.0757. The molecule has 0 fully saturated rings. The van der Waals surface area contributed by atoms with E-state index in [1.54, 1.807) is 27.5 Å². The molecule has 0 saturated carbocycles. The van der Waals surface area contributed by atoms with Gasteiger partial charge in [-0.15, -0.1) is 0 Å². The fraction of sp³-hybridized carbons (Fsp3) is 0.417. The first-order chi connectivity index (χ1) is 8.90. The van der Waals surface area contributed by atoms with Gasteiger partial charge < -0.3 is 4.90 Å². The smallest absolute Gasteiger partial charge is 0.275 e. The van der Waals surface area contributed by atoms with Gasteiger partial charge in [0.05, 0.1) is 9.77 Å². The van der Waals surface area contributed by atoms with Crippen molar-refractivity contribution >= 4 is 28.5 Å². The lowest BCUT2D eigenvalue weighted by Gasteiger charge is -2.15. The Morgan fingerprint density at radius 3 is 2.63 bits per heavy atom. The second kappa shape index (κ2) is 5.32. The number of carbonyl (C=O) groups excluding carboxylic acids is 1. The summed E-state index contributed by atoms with van der Waals surface area (Å²) in [5, 5.41) is 8.38. The summed E-state index contributed by atoms with van der Waals surface area (Å²) in [6.45, 7) is 2.52. The van der Waals surface area contributed by atoms with E-state index in [1.807, 2.05) is 27.2 Å². The maximum atomic E-state index is 12.3. The van der Waals surface area contributed by atoms with Gasteiger partial charge in [-0.1, -0.05) is 0 Å². The van der Waals surface area contributed by atoms with Crippen LogP contribution in [0.4, 0.5) is 0 Å². The predicted octanol–water partition coefficient (Wildman–Crippen LogP) is 1.34. The van der Waals surface area contributed by atoms with Crippen molar-refractivity contribution in [1.82, 2.24) is 24.5 Å². The molecule has 0 atom stereocenters. The van der Waals surface area contributed by atoms with E-state index in [1.165, 1.54) is 0 Å².